The van der Waals surface area contributed by atoms with Gasteiger partial charge in [-0.1, -0.05) is 26.0 Å². The molecule has 1 aromatic carbocycles. The lowest BCUT2D eigenvalue weighted by atomic mass is 10.00. The zero-order valence-corrected chi connectivity index (χ0v) is 13.6. The lowest BCUT2D eigenvalue weighted by molar-refractivity contribution is -0.138. The van der Waals surface area contributed by atoms with Crippen molar-refractivity contribution >= 4 is 27.3 Å². The van der Waals surface area contributed by atoms with Crippen molar-refractivity contribution in [2.75, 3.05) is 0 Å². The van der Waals surface area contributed by atoms with Crippen LogP contribution < -0.4 is 0 Å². The highest BCUT2D eigenvalue weighted by Crippen LogP contribution is 2.39. The molecule has 0 aliphatic heterocycles. The Labute approximate surface area is 128 Å². The molecule has 20 heavy (non-hydrogen) atoms. The van der Waals surface area contributed by atoms with Crippen molar-refractivity contribution in [3.63, 3.8) is 0 Å². The van der Waals surface area contributed by atoms with Gasteiger partial charge in [-0.2, -0.15) is 13.2 Å². The van der Waals surface area contributed by atoms with Crippen molar-refractivity contribution in [3.8, 4) is 11.3 Å². The van der Waals surface area contributed by atoms with Gasteiger partial charge in [-0.25, -0.2) is 4.98 Å². The van der Waals surface area contributed by atoms with E-state index in [0.717, 1.165) is 4.88 Å². The molecule has 0 amide bonds. The number of alkyl halides is 3. The number of thiazole rings is 1. The highest BCUT2D eigenvalue weighted by Gasteiger charge is 2.33. The van der Waals surface area contributed by atoms with E-state index in [2.05, 4.69) is 20.9 Å². The number of aromatic nitrogens is 1. The summed E-state index contributed by atoms with van der Waals surface area (Å²) in [4.78, 5) is 5.30. The Morgan fingerprint density at radius 2 is 1.90 bits per heavy atom. The second-order valence-corrected chi connectivity index (χ2v) is 7.17. The molecule has 0 radical (unpaired) electrons. The van der Waals surface area contributed by atoms with Crippen molar-refractivity contribution in [2.24, 2.45) is 0 Å². The smallest absolute Gasteiger partial charge is 0.229 e. The lowest BCUT2D eigenvalue weighted by Gasteiger charge is -2.12. The first-order valence-corrected chi connectivity index (χ1v) is 7.65. The van der Waals surface area contributed by atoms with Crippen molar-refractivity contribution in [3.05, 3.63) is 38.1 Å². The van der Waals surface area contributed by atoms with Crippen molar-refractivity contribution < 1.29 is 13.2 Å². The number of rotatable bonds is 2. The Kier molecular flexibility index (Phi) is 4.25. The van der Waals surface area contributed by atoms with Gasteiger partial charge in [0.25, 0.3) is 0 Å². The van der Waals surface area contributed by atoms with Crippen LogP contribution in [0.3, 0.4) is 0 Å². The average Bonchev–Trinajstić information content (AvgIpc) is 2.70. The summed E-state index contributed by atoms with van der Waals surface area (Å²) < 4.78 is 39.6. The second-order valence-electron chi connectivity index (χ2n) is 4.86. The van der Waals surface area contributed by atoms with Crippen LogP contribution in [0.15, 0.2) is 22.1 Å². The summed E-state index contributed by atoms with van der Waals surface area (Å²) in [6.07, 6.45) is -4.34. The molecule has 1 heterocycles. The molecular formula is C14H13BrF3NS. The summed E-state index contributed by atoms with van der Waals surface area (Å²) >= 11 is 4.77. The molecule has 2 rings (SSSR count). The molecule has 0 aliphatic carbocycles. The van der Waals surface area contributed by atoms with Crippen LogP contribution in [0.2, 0.25) is 0 Å². The van der Waals surface area contributed by atoms with E-state index in [9.17, 15) is 13.2 Å². The van der Waals surface area contributed by atoms with Crippen LogP contribution in [-0.4, -0.2) is 4.98 Å². The molecule has 1 aromatic heterocycles. The summed E-state index contributed by atoms with van der Waals surface area (Å²) in [6, 6.07) is 4.37. The number of hydrogen-bond donors (Lipinski definition) is 0. The fourth-order valence-corrected chi connectivity index (χ4v) is 3.49. The van der Waals surface area contributed by atoms with E-state index in [1.165, 1.54) is 30.4 Å². The van der Waals surface area contributed by atoms with E-state index in [0.29, 0.717) is 15.2 Å². The monoisotopic (exact) mass is 363 g/mol. The molecule has 0 aliphatic rings. The summed E-state index contributed by atoms with van der Waals surface area (Å²) in [5, 5.41) is 0. The molecule has 2 aromatic rings. The standard InChI is InChI=1S/C14H13BrF3NS/c1-7(2)12-11(19-13(15)20-12)9-5-4-8(3)10(6-9)14(16,17)18/h4-7H,1-3H3. The van der Waals surface area contributed by atoms with Crippen LogP contribution in [0.4, 0.5) is 13.2 Å². The highest BCUT2D eigenvalue weighted by molar-refractivity contribution is 9.11. The number of hydrogen-bond acceptors (Lipinski definition) is 2. The minimum Gasteiger partial charge on any atom is -0.229 e. The average molecular weight is 364 g/mol. The maximum Gasteiger partial charge on any atom is 0.416 e. The first-order chi connectivity index (χ1) is 9.20. The van der Waals surface area contributed by atoms with Gasteiger partial charge < -0.3 is 0 Å². The molecule has 0 fully saturated rings. The Bertz CT molecular complexity index is 632. The van der Waals surface area contributed by atoms with Crippen LogP contribution in [0, 0.1) is 6.92 Å². The van der Waals surface area contributed by atoms with Gasteiger partial charge in [0.2, 0.25) is 0 Å². The lowest BCUT2D eigenvalue weighted by Crippen LogP contribution is -2.07. The van der Waals surface area contributed by atoms with E-state index in [-0.39, 0.29) is 11.5 Å². The van der Waals surface area contributed by atoms with E-state index < -0.39 is 11.7 Å². The Balaban J connectivity index is 2.60. The fourth-order valence-electron chi connectivity index (χ4n) is 1.98. The first-order valence-electron chi connectivity index (χ1n) is 6.04. The third-order valence-electron chi connectivity index (χ3n) is 2.97. The fraction of sp³-hybridized carbons (Fsp3) is 0.357. The van der Waals surface area contributed by atoms with E-state index in [1.807, 2.05) is 13.8 Å². The topological polar surface area (TPSA) is 12.9 Å². The van der Waals surface area contributed by atoms with Gasteiger partial charge in [-0.05, 0) is 40.4 Å². The molecule has 0 saturated carbocycles. The molecule has 0 unspecified atom stereocenters. The minimum atomic E-state index is -4.34. The van der Waals surface area contributed by atoms with Gasteiger partial charge >= 0.3 is 6.18 Å². The van der Waals surface area contributed by atoms with Crippen molar-refractivity contribution in [1.82, 2.24) is 4.98 Å². The molecule has 0 N–H and O–H groups in total. The predicted molar refractivity (Wildman–Crippen MR) is 79.1 cm³/mol. The molecule has 0 spiro atoms. The number of aryl methyl sites for hydroxylation is 1. The maximum atomic E-state index is 13.0. The molecule has 0 atom stereocenters. The second kappa shape index (κ2) is 5.48. The van der Waals surface area contributed by atoms with Crippen LogP contribution >= 0.6 is 27.3 Å². The van der Waals surface area contributed by atoms with Gasteiger partial charge in [0.1, 0.15) is 0 Å². The Hall–Kier alpha value is -0.880. The minimum absolute atomic E-state index is 0.212. The summed E-state index contributed by atoms with van der Waals surface area (Å²) in [6.45, 7) is 5.47. The number of halogens is 4. The Morgan fingerprint density at radius 3 is 2.45 bits per heavy atom. The first kappa shape index (κ1) is 15.5. The summed E-state index contributed by atoms with van der Waals surface area (Å²) in [5.41, 5.74) is 0.756. The zero-order chi connectivity index (χ0) is 15.1. The third-order valence-corrected chi connectivity index (χ3v) is 4.78. The zero-order valence-electron chi connectivity index (χ0n) is 11.2. The van der Waals surface area contributed by atoms with Gasteiger partial charge in [0.15, 0.2) is 3.92 Å². The predicted octanol–water partition coefficient (Wildman–Crippen LogP) is 6.02. The molecule has 1 nitrogen and oxygen atoms in total. The SMILES string of the molecule is Cc1ccc(-c2nc(Br)sc2C(C)C)cc1C(F)(F)F. The van der Waals surface area contributed by atoms with Crippen LogP contribution in [0.25, 0.3) is 11.3 Å². The normalized spacial score (nSPS) is 12.2. The number of benzene rings is 1. The van der Waals surface area contributed by atoms with Crippen molar-refractivity contribution in [1.29, 1.82) is 0 Å². The maximum absolute atomic E-state index is 13.0. The number of nitrogens with zero attached hydrogens (tertiary/aromatic N) is 1. The van der Waals surface area contributed by atoms with Gasteiger partial charge in [-0.3, -0.25) is 0 Å². The Morgan fingerprint density at radius 1 is 1.25 bits per heavy atom. The molecule has 6 heteroatoms. The third kappa shape index (κ3) is 3.06. The van der Waals surface area contributed by atoms with Crippen LogP contribution in [0.5, 0.6) is 0 Å². The van der Waals surface area contributed by atoms with Gasteiger partial charge in [0.05, 0.1) is 11.3 Å². The van der Waals surface area contributed by atoms with Crippen LogP contribution in [0.1, 0.15) is 35.8 Å². The molecule has 0 bridgehead atoms. The van der Waals surface area contributed by atoms with E-state index in [1.54, 1.807) is 6.07 Å². The summed E-state index contributed by atoms with van der Waals surface area (Å²) in [5.74, 6) is 0.212. The van der Waals surface area contributed by atoms with Crippen LogP contribution in [-0.2, 0) is 6.18 Å². The molecule has 0 saturated heterocycles. The van der Waals surface area contributed by atoms with E-state index >= 15 is 0 Å². The van der Waals surface area contributed by atoms with Crippen molar-refractivity contribution in [2.45, 2.75) is 32.9 Å². The highest BCUT2D eigenvalue weighted by atomic mass is 79.9. The van der Waals surface area contributed by atoms with E-state index in [4.69, 9.17) is 0 Å². The van der Waals surface area contributed by atoms with Gasteiger partial charge in [0, 0.05) is 10.4 Å². The quantitative estimate of drug-likeness (QED) is 0.635. The molecular weight excluding hydrogens is 351 g/mol. The summed E-state index contributed by atoms with van der Waals surface area (Å²) in [7, 11) is 0. The molecule has 108 valence electrons. The largest absolute Gasteiger partial charge is 0.416 e. The van der Waals surface area contributed by atoms with Gasteiger partial charge in [-0.15, -0.1) is 11.3 Å².